The maximum Gasteiger partial charge on any atom is 0.281 e. The highest BCUT2D eigenvalue weighted by atomic mass is 35.5. The molecule has 134 valence electrons. The first-order valence-electron chi connectivity index (χ1n) is 7.61. The topological polar surface area (TPSA) is 69.7 Å². The summed E-state index contributed by atoms with van der Waals surface area (Å²) in [6, 6.07) is 5.09. The van der Waals surface area contributed by atoms with Gasteiger partial charge in [0.1, 0.15) is 0 Å². The highest BCUT2D eigenvalue weighted by molar-refractivity contribution is 7.86. The van der Waals surface area contributed by atoms with Crippen LogP contribution in [0.1, 0.15) is 18.4 Å². The lowest BCUT2D eigenvalue weighted by Crippen LogP contribution is -2.48. The van der Waals surface area contributed by atoms with E-state index in [0.717, 1.165) is 5.56 Å². The molecule has 1 aliphatic rings. The molecule has 0 radical (unpaired) electrons. The van der Waals surface area contributed by atoms with Gasteiger partial charge in [0.15, 0.2) is 0 Å². The van der Waals surface area contributed by atoms with E-state index in [4.69, 9.17) is 23.2 Å². The minimum Gasteiger partial charge on any atom is -0.352 e. The van der Waals surface area contributed by atoms with Gasteiger partial charge in [-0.2, -0.15) is 17.0 Å². The van der Waals surface area contributed by atoms with Crippen LogP contribution in [0.2, 0.25) is 10.0 Å². The van der Waals surface area contributed by atoms with Crippen molar-refractivity contribution in [3.8, 4) is 0 Å². The molecule has 2 rings (SSSR count). The van der Waals surface area contributed by atoms with Crippen LogP contribution in [0.4, 0.5) is 0 Å². The molecule has 0 aromatic heterocycles. The molecule has 0 bridgehead atoms. The Balaban J connectivity index is 1.97. The van der Waals surface area contributed by atoms with Crippen LogP contribution in [0.25, 0.3) is 0 Å². The molecule has 0 aliphatic carbocycles. The molecule has 1 fully saturated rings. The van der Waals surface area contributed by atoms with E-state index in [-0.39, 0.29) is 24.9 Å². The minimum absolute atomic E-state index is 0.167. The van der Waals surface area contributed by atoms with Gasteiger partial charge in [0.25, 0.3) is 10.2 Å². The molecule has 1 heterocycles. The second-order valence-corrected chi connectivity index (χ2v) is 8.93. The number of nitrogens with zero attached hydrogens (tertiary/aromatic N) is 2. The quantitative estimate of drug-likeness (QED) is 0.832. The smallest absolute Gasteiger partial charge is 0.281 e. The van der Waals surface area contributed by atoms with Crippen molar-refractivity contribution in [3.63, 3.8) is 0 Å². The number of carbonyl (C=O) groups excluding carboxylic acids is 1. The van der Waals surface area contributed by atoms with Crippen molar-refractivity contribution in [2.75, 3.05) is 27.2 Å². The fourth-order valence-corrected chi connectivity index (χ4v) is 4.25. The maximum absolute atomic E-state index is 12.4. The summed E-state index contributed by atoms with van der Waals surface area (Å²) in [5, 5.41) is 3.85. The van der Waals surface area contributed by atoms with E-state index in [0.29, 0.717) is 29.4 Å². The summed E-state index contributed by atoms with van der Waals surface area (Å²) in [7, 11) is -0.519. The Kier molecular flexibility index (Phi) is 6.50. The highest BCUT2D eigenvalue weighted by Gasteiger charge is 2.33. The number of nitrogens with one attached hydrogen (secondary N) is 1. The minimum atomic E-state index is -3.49. The highest BCUT2D eigenvalue weighted by Crippen LogP contribution is 2.22. The van der Waals surface area contributed by atoms with Crippen molar-refractivity contribution in [2.45, 2.75) is 19.4 Å². The van der Waals surface area contributed by atoms with Crippen LogP contribution in [-0.4, -0.2) is 50.1 Å². The van der Waals surface area contributed by atoms with Crippen molar-refractivity contribution < 1.29 is 13.2 Å². The van der Waals surface area contributed by atoms with Gasteiger partial charge in [0.2, 0.25) is 5.91 Å². The van der Waals surface area contributed by atoms with E-state index >= 15 is 0 Å². The van der Waals surface area contributed by atoms with Gasteiger partial charge in [-0.1, -0.05) is 29.3 Å². The van der Waals surface area contributed by atoms with Gasteiger partial charge in [-0.25, -0.2) is 0 Å². The van der Waals surface area contributed by atoms with Crippen molar-refractivity contribution in [1.82, 2.24) is 13.9 Å². The molecule has 6 nitrogen and oxygen atoms in total. The van der Waals surface area contributed by atoms with Crippen molar-refractivity contribution >= 4 is 39.3 Å². The molecule has 24 heavy (non-hydrogen) atoms. The van der Waals surface area contributed by atoms with Crippen molar-refractivity contribution in [3.05, 3.63) is 33.8 Å². The Bertz CT molecular complexity index is 710. The van der Waals surface area contributed by atoms with Crippen LogP contribution in [-0.2, 0) is 21.5 Å². The molecular weight excluding hydrogens is 373 g/mol. The largest absolute Gasteiger partial charge is 0.352 e. The van der Waals surface area contributed by atoms with E-state index in [9.17, 15) is 13.2 Å². The average Bonchev–Trinajstić information content (AvgIpc) is 2.53. The molecular formula is C15H21Cl2N3O3S. The molecule has 0 saturated carbocycles. The van der Waals surface area contributed by atoms with E-state index in [1.54, 1.807) is 18.2 Å². The first-order valence-corrected chi connectivity index (χ1v) is 9.76. The van der Waals surface area contributed by atoms with Crippen LogP contribution in [0, 0.1) is 5.92 Å². The molecule has 9 heteroatoms. The molecule has 1 atom stereocenters. The molecule has 1 aromatic rings. The van der Waals surface area contributed by atoms with E-state index in [1.807, 2.05) is 0 Å². The zero-order chi connectivity index (χ0) is 17.9. The van der Waals surface area contributed by atoms with Gasteiger partial charge < -0.3 is 5.32 Å². The summed E-state index contributed by atoms with van der Waals surface area (Å²) in [4.78, 5) is 12.4. The van der Waals surface area contributed by atoms with Crippen LogP contribution in [0.15, 0.2) is 18.2 Å². The summed E-state index contributed by atoms with van der Waals surface area (Å²) in [6.45, 7) is 0.916. The monoisotopic (exact) mass is 393 g/mol. The van der Waals surface area contributed by atoms with E-state index in [1.165, 1.54) is 22.7 Å². The number of carbonyl (C=O) groups is 1. The molecule has 1 N–H and O–H groups in total. The third kappa shape index (κ3) is 4.61. The lowest BCUT2D eigenvalue weighted by molar-refractivity contribution is -0.126. The second kappa shape index (κ2) is 8.01. The maximum atomic E-state index is 12.4. The Hall–Kier alpha value is -0.860. The number of benzene rings is 1. The summed E-state index contributed by atoms with van der Waals surface area (Å²) in [5.41, 5.74) is 0.767. The van der Waals surface area contributed by atoms with Gasteiger partial charge in [0, 0.05) is 43.8 Å². The number of rotatable bonds is 5. The van der Waals surface area contributed by atoms with Crippen molar-refractivity contribution in [2.24, 2.45) is 5.92 Å². The zero-order valence-electron chi connectivity index (χ0n) is 13.6. The predicted molar refractivity (Wildman–Crippen MR) is 95.2 cm³/mol. The lowest BCUT2D eigenvalue weighted by Gasteiger charge is -2.32. The summed E-state index contributed by atoms with van der Waals surface area (Å²) < 4.78 is 26.9. The summed E-state index contributed by atoms with van der Waals surface area (Å²) in [5.74, 6) is -0.528. The Labute approximate surface area is 152 Å². The van der Waals surface area contributed by atoms with Crippen LogP contribution >= 0.6 is 23.2 Å². The number of amides is 1. The molecule has 0 unspecified atom stereocenters. The van der Waals surface area contributed by atoms with Crippen LogP contribution < -0.4 is 5.32 Å². The fraction of sp³-hybridized carbons (Fsp3) is 0.533. The van der Waals surface area contributed by atoms with Gasteiger partial charge in [-0.05, 0) is 30.5 Å². The third-order valence-electron chi connectivity index (χ3n) is 4.01. The van der Waals surface area contributed by atoms with Crippen LogP contribution in [0.5, 0.6) is 0 Å². The third-order valence-corrected chi connectivity index (χ3v) is 6.50. The number of halogens is 2. The number of piperidine rings is 1. The summed E-state index contributed by atoms with van der Waals surface area (Å²) >= 11 is 11.9. The van der Waals surface area contributed by atoms with E-state index < -0.39 is 10.2 Å². The molecule has 1 aromatic carbocycles. The Morgan fingerprint density at radius 1 is 1.38 bits per heavy atom. The van der Waals surface area contributed by atoms with Gasteiger partial charge in [-0.3, -0.25) is 4.79 Å². The number of hydrogen-bond acceptors (Lipinski definition) is 3. The SMILES string of the molecule is CN(C)S(=O)(=O)N1CCC[C@@H](C(=O)NCc2ccc(Cl)cc2Cl)C1. The van der Waals surface area contributed by atoms with Gasteiger partial charge in [-0.15, -0.1) is 0 Å². The molecule has 1 aliphatic heterocycles. The van der Waals surface area contributed by atoms with Crippen molar-refractivity contribution in [1.29, 1.82) is 0 Å². The standard InChI is InChI=1S/C15H21Cl2N3O3S/c1-19(2)24(22,23)20-7-3-4-12(10-20)15(21)18-9-11-5-6-13(16)8-14(11)17/h5-6,8,12H,3-4,7,9-10H2,1-2H3,(H,18,21)/t12-/m1/s1. The summed E-state index contributed by atoms with van der Waals surface area (Å²) in [6.07, 6.45) is 1.33. The van der Waals surface area contributed by atoms with Gasteiger partial charge >= 0.3 is 0 Å². The molecule has 1 amide bonds. The Morgan fingerprint density at radius 2 is 2.08 bits per heavy atom. The first kappa shape index (κ1) is 19.5. The second-order valence-electron chi connectivity index (χ2n) is 5.94. The fourth-order valence-electron chi connectivity index (χ4n) is 2.59. The van der Waals surface area contributed by atoms with Crippen LogP contribution in [0.3, 0.4) is 0 Å². The lowest BCUT2D eigenvalue weighted by atomic mass is 9.99. The zero-order valence-corrected chi connectivity index (χ0v) is 16.0. The first-order chi connectivity index (χ1) is 11.2. The predicted octanol–water partition coefficient (Wildman–Crippen LogP) is 2.13. The molecule has 0 spiro atoms. The van der Waals surface area contributed by atoms with E-state index in [2.05, 4.69) is 5.32 Å². The Morgan fingerprint density at radius 3 is 2.71 bits per heavy atom. The van der Waals surface area contributed by atoms with Gasteiger partial charge in [0.05, 0.1) is 5.92 Å². The normalized spacial score (nSPS) is 19.5. The average molecular weight is 394 g/mol. The molecule has 1 saturated heterocycles. The number of hydrogen-bond donors (Lipinski definition) is 1.